The van der Waals surface area contributed by atoms with Gasteiger partial charge in [-0.15, -0.1) is 0 Å². The van der Waals surface area contributed by atoms with Crippen LogP contribution >= 0.6 is 0 Å². The third kappa shape index (κ3) is 4.61. The fraction of sp³-hybridized carbons (Fsp3) is 0.536. The maximum atomic E-state index is 12.8. The highest BCUT2D eigenvalue weighted by Crippen LogP contribution is 2.60. The third-order valence-corrected chi connectivity index (χ3v) is 9.59. The molecule has 0 spiro atoms. The highest BCUT2D eigenvalue weighted by molar-refractivity contribution is 7.92. The fourth-order valence-electron chi connectivity index (χ4n) is 7.20. The number of rotatable bonds is 7. The van der Waals surface area contributed by atoms with E-state index in [0.717, 1.165) is 35.1 Å². The van der Waals surface area contributed by atoms with E-state index in [4.69, 9.17) is 0 Å². The van der Waals surface area contributed by atoms with Crippen molar-refractivity contribution in [2.24, 2.45) is 17.8 Å². The summed E-state index contributed by atoms with van der Waals surface area (Å²) in [7, 11) is -3.60. The molecule has 0 heterocycles. The summed E-state index contributed by atoms with van der Waals surface area (Å²) in [5.41, 5.74) is 4.31. The van der Waals surface area contributed by atoms with Gasteiger partial charge in [0.2, 0.25) is 15.9 Å². The summed E-state index contributed by atoms with van der Waals surface area (Å²) in [6.07, 6.45) is 9.17. The lowest BCUT2D eigenvalue weighted by atomic mass is 9.48. The fourth-order valence-corrected chi connectivity index (χ4v) is 8.06. The zero-order valence-corrected chi connectivity index (χ0v) is 21.3. The minimum absolute atomic E-state index is 0.201. The van der Waals surface area contributed by atoms with Crippen molar-refractivity contribution in [2.75, 3.05) is 17.1 Å². The van der Waals surface area contributed by atoms with Gasteiger partial charge in [0.1, 0.15) is 6.54 Å². The van der Waals surface area contributed by atoms with Gasteiger partial charge in [0.05, 0.1) is 18.0 Å². The molecule has 4 aliphatic rings. The molecular formula is C28H36N2O3S. The number of hydrogen-bond donors (Lipinski definition) is 1. The number of amides is 1. The summed E-state index contributed by atoms with van der Waals surface area (Å²) in [6.45, 7) is 3.70. The molecule has 2 aromatic carbocycles. The summed E-state index contributed by atoms with van der Waals surface area (Å²) >= 11 is 0. The number of anilines is 1. The van der Waals surface area contributed by atoms with Gasteiger partial charge in [-0.2, -0.15) is 0 Å². The number of nitrogens with one attached hydrogen (secondary N) is 1. The molecule has 4 aliphatic carbocycles. The minimum atomic E-state index is -3.60. The average Bonchev–Trinajstić information content (AvgIpc) is 2.76. The molecule has 1 N–H and O–H groups in total. The van der Waals surface area contributed by atoms with Gasteiger partial charge in [-0.25, -0.2) is 8.42 Å². The van der Waals surface area contributed by atoms with Crippen molar-refractivity contribution >= 4 is 21.6 Å². The quantitative estimate of drug-likeness (QED) is 0.599. The van der Waals surface area contributed by atoms with Gasteiger partial charge in [0, 0.05) is 0 Å². The first-order valence-electron chi connectivity index (χ1n) is 12.6. The van der Waals surface area contributed by atoms with E-state index in [1.54, 1.807) is 0 Å². The van der Waals surface area contributed by atoms with Crippen LogP contribution in [0.15, 0.2) is 48.5 Å². The van der Waals surface area contributed by atoms with Crippen LogP contribution in [0, 0.1) is 24.7 Å². The Balaban J connectivity index is 1.31. The second-order valence-corrected chi connectivity index (χ2v) is 13.1. The predicted molar refractivity (Wildman–Crippen MR) is 136 cm³/mol. The molecule has 0 unspecified atom stereocenters. The standard InChI is InChI=1S/C28H36N2O3S/c1-19-4-6-24(7-5-19)20(2)29-27(31)18-30(34(3,32)33)26-10-8-25(9-11-26)28-15-21-12-22(16-28)14-23(13-21)17-28/h4-11,20-23H,12-18H2,1-3H3,(H,29,31)/t20-,21?,22?,23?,28?/m0/s1. The number of sulfonamides is 1. The number of nitrogens with zero attached hydrogens (tertiary/aromatic N) is 1. The Labute approximate surface area is 204 Å². The van der Waals surface area contributed by atoms with Crippen LogP contribution in [0.25, 0.3) is 0 Å². The van der Waals surface area contributed by atoms with Crippen LogP contribution in [0.2, 0.25) is 0 Å². The van der Waals surface area contributed by atoms with E-state index in [1.807, 2.05) is 50.2 Å². The molecule has 4 saturated carbocycles. The van der Waals surface area contributed by atoms with Gasteiger partial charge in [-0.1, -0.05) is 42.0 Å². The Morgan fingerprint density at radius 1 is 0.971 bits per heavy atom. The molecule has 182 valence electrons. The number of carbonyl (C=O) groups excluding carboxylic acids is 1. The van der Waals surface area contributed by atoms with Crippen molar-refractivity contribution < 1.29 is 13.2 Å². The van der Waals surface area contributed by atoms with Crippen molar-refractivity contribution in [3.63, 3.8) is 0 Å². The van der Waals surface area contributed by atoms with E-state index in [9.17, 15) is 13.2 Å². The summed E-state index contributed by atoms with van der Waals surface area (Å²) in [5.74, 6) is 2.26. The van der Waals surface area contributed by atoms with Crippen LogP contribution in [-0.2, 0) is 20.2 Å². The second kappa shape index (κ2) is 8.71. The van der Waals surface area contributed by atoms with Crippen LogP contribution in [0.4, 0.5) is 5.69 Å². The van der Waals surface area contributed by atoms with Crippen molar-refractivity contribution in [2.45, 2.75) is 63.8 Å². The molecule has 6 rings (SSSR count). The summed E-state index contributed by atoms with van der Waals surface area (Å²) in [6, 6.07) is 15.8. The van der Waals surface area contributed by atoms with Gasteiger partial charge >= 0.3 is 0 Å². The number of hydrogen-bond acceptors (Lipinski definition) is 3. The van der Waals surface area contributed by atoms with Crippen molar-refractivity contribution in [1.29, 1.82) is 0 Å². The number of aryl methyl sites for hydroxylation is 1. The summed E-state index contributed by atoms with van der Waals surface area (Å²) in [4.78, 5) is 12.8. The first kappa shape index (κ1) is 23.4. The molecule has 0 aliphatic heterocycles. The molecule has 0 saturated heterocycles. The molecule has 2 aromatic rings. The van der Waals surface area contributed by atoms with Crippen LogP contribution in [0.1, 0.15) is 68.2 Å². The van der Waals surface area contributed by atoms with Crippen molar-refractivity contribution in [1.82, 2.24) is 5.32 Å². The van der Waals surface area contributed by atoms with Crippen LogP contribution in [0.3, 0.4) is 0 Å². The lowest BCUT2D eigenvalue weighted by molar-refractivity contribution is -0.120. The minimum Gasteiger partial charge on any atom is -0.348 e. The van der Waals surface area contributed by atoms with E-state index >= 15 is 0 Å². The number of benzene rings is 2. The molecule has 0 aromatic heterocycles. The molecule has 0 radical (unpaired) electrons. The first-order chi connectivity index (χ1) is 16.1. The average molecular weight is 481 g/mol. The maximum absolute atomic E-state index is 12.8. The van der Waals surface area contributed by atoms with Gasteiger partial charge in [0.15, 0.2) is 0 Å². The highest BCUT2D eigenvalue weighted by atomic mass is 32.2. The normalized spacial score (nSPS) is 28.5. The first-order valence-corrected chi connectivity index (χ1v) is 14.4. The van der Waals surface area contributed by atoms with Gasteiger partial charge in [-0.3, -0.25) is 9.10 Å². The van der Waals surface area contributed by atoms with Gasteiger partial charge in [0.25, 0.3) is 0 Å². The molecule has 5 nitrogen and oxygen atoms in total. The molecule has 1 amide bonds. The lowest BCUT2D eigenvalue weighted by Gasteiger charge is -2.57. The Bertz CT molecular complexity index is 1120. The van der Waals surface area contributed by atoms with Gasteiger partial charge in [-0.05, 0) is 98.8 Å². The molecule has 34 heavy (non-hydrogen) atoms. The maximum Gasteiger partial charge on any atom is 0.241 e. The predicted octanol–water partition coefficient (Wildman–Crippen LogP) is 5.11. The third-order valence-electron chi connectivity index (χ3n) is 8.45. The smallest absolute Gasteiger partial charge is 0.241 e. The Kier molecular flexibility index (Phi) is 5.99. The molecule has 4 bridgehead atoms. The van der Waals surface area contributed by atoms with Crippen molar-refractivity contribution in [3.05, 3.63) is 65.2 Å². The summed E-state index contributed by atoms with van der Waals surface area (Å²) in [5, 5.41) is 2.94. The second-order valence-electron chi connectivity index (χ2n) is 11.2. The lowest BCUT2D eigenvalue weighted by Crippen LogP contribution is -2.48. The van der Waals surface area contributed by atoms with Gasteiger partial charge < -0.3 is 5.32 Å². The highest BCUT2D eigenvalue weighted by Gasteiger charge is 2.51. The van der Waals surface area contributed by atoms with Crippen molar-refractivity contribution in [3.8, 4) is 0 Å². The number of carbonyl (C=O) groups is 1. The molecular weight excluding hydrogens is 444 g/mol. The van der Waals surface area contributed by atoms with E-state index in [1.165, 1.54) is 48.4 Å². The summed E-state index contributed by atoms with van der Waals surface area (Å²) < 4.78 is 26.4. The molecule has 1 atom stereocenters. The van der Waals surface area contributed by atoms with Crippen LogP contribution in [-0.4, -0.2) is 27.1 Å². The zero-order valence-electron chi connectivity index (χ0n) is 20.5. The van der Waals surface area contributed by atoms with E-state index in [0.29, 0.717) is 5.69 Å². The Morgan fingerprint density at radius 2 is 1.50 bits per heavy atom. The van der Waals surface area contributed by atoms with E-state index < -0.39 is 10.0 Å². The Morgan fingerprint density at radius 3 is 2.00 bits per heavy atom. The topological polar surface area (TPSA) is 66.5 Å². The van der Waals surface area contributed by atoms with Crippen LogP contribution < -0.4 is 9.62 Å². The molecule has 4 fully saturated rings. The SMILES string of the molecule is Cc1ccc([C@H](C)NC(=O)CN(c2ccc(C34CC5CC(CC(C5)C3)C4)cc2)S(C)(=O)=O)cc1. The van der Waals surface area contributed by atoms with E-state index in [-0.39, 0.29) is 23.9 Å². The monoisotopic (exact) mass is 480 g/mol. The zero-order chi connectivity index (χ0) is 24.1. The Hall–Kier alpha value is -2.34. The van der Waals surface area contributed by atoms with Crippen LogP contribution in [0.5, 0.6) is 0 Å². The van der Waals surface area contributed by atoms with E-state index in [2.05, 4.69) is 17.4 Å². The molecule has 6 heteroatoms. The largest absolute Gasteiger partial charge is 0.348 e.